The molecule has 0 aromatic rings. The number of nitrogens with one attached hydrogen (secondary N) is 1. The number of amides is 1. The normalized spacial score (nSPS) is 13.3. The molecule has 0 aliphatic rings. The molecular formula is C7H15NO2. The Labute approximate surface area is 61.4 Å². The van der Waals surface area contributed by atoms with E-state index >= 15 is 0 Å². The van der Waals surface area contributed by atoms with Gasteiger partial charge in [0.15, 0.2) is 0 Å². The highest BCUT2D eigenvalue weighted by Crippen LogP contribution is 1.89. The van der Waals surface area contributed by atoms with E-state index in [2.05, 4.69) is 5.32 Å². The molecule has 60 valence electrons. The molecule has 0 saturated heterocycles. The lowest BCUT2D eigenvalue weighted by atomic mass is 10.2. The number of carbonyl (C=O) groups is 1. The molecule has 0 aliphatic heterocycles. The Kier molecular flexibility index (Phi) is 4.03. The molecule has 0 bridgehead atoms. The minimum atomic E-state index is -0.543. The fraction of sp³-hybridized carbons (Fsp3) is 0.857. The molecule has 3 heteroatoms. The van der Waals surface area contributed by atoms with Gasteiger partial charge in [-0.1, -0.05) is 0 Å². The van der Waals surface area contributed by atoms with Crippen LogP contribution in [0.25, 0.3) is 0 Å². The van der Waals surface area contributed by atoms with Crippen LogP contribution in [0.2, 0.25) is 0 Å². The van der Waals surface area contributed by atoms with Crippen molar-refractivity contribution in [3.63, 3.8) is 0 Å². The first-order valence-corrected chi connectivity index (χ1v) is 3.49. The largest absolute Gasteiger partial charge is 0.393 e. The molecule has 1 amide bonds. The van der Waals surface area contributed by atoms with Gasteiger partial charge in [0.05, 0.1) is 12.5 Å². The van der Waals surface area contributed by atoms with Crippen LogP contribution in [-0.4, -0.2) is 23.2 Å². The molecule has 1 atom stereocenters. The fourth-order valence-corrected chi connectivity index (χ4v) is 0.649. The molecule has 0 rings (SSSR count). The molecule has 0 aromatic carbocycles. The van der Waals surface area contributed by atoms with Crippen molar-refractivity contribution in [3.8, 4) is 0 Å². The summed E-state index contributed by atoms with van der Waals surface area (Å²) in [4.78, 5) is 10.8. The quantitative estimate of drug-likeness (QED) is 0.599. The Hall–Kier alpha value is -0.570. The molecule has 0 heterocycles. The van der Waals surface area contributed by atoms with Crippen LogP contribution in [0.15, 0.2) is 0 Å². The lowest BCUT2D eigenvalue weighted by molar-refractivity contribution is -0.123. The van der Waals surface area contributed by atoms with Crippen LogP contribution in [0.4, 0.5) is 0 Å². The van der Waals surface area contributed by atoms with Gasteiger partial charge < -0.3 is 10.4 Å². The van der Waals surface area contributed by atoms with Gasteiger partial charge in [0, 0.05) is 6.04 Å². The number of aliphatic hydroxyl groups is 1. The monoisotopic (exact) mass is 145 g/mol. The summed E-state index contributed by atoms with van der Waals surface area (Å²) in [6.45, 7) is 5.37. The summed E-state index contributed by atoms with van der Waals surface area (Å²) >= 11 is 0. The van der Waals surface area contributed by atoms with Gasteiger partial charge in [-0.3, -0.25) is 4.79 Å². The second-order valence-corrected chi connectivity index (χ2v) is 2.78. The van der Waals surface area contributed by atoms with E-state index in [-0.39, 0.29) is 18.4 Å². The minimum absolute atomic E-state index is 0.0926. The number of aliphatic hydroxyl groups excluding tert-OH is 1. The Morgan fingerprint density at radius 1 is 1.50 bits per heavy atom. The first-order chi connectivity index (χ1) is 4.52. The van der Waals surface area contributed by atoms with E-state index in [1.807, 2.05) is 13.8 Å². The summed E-state index contributed by atoms with van der Waals surface area (Å²) in [5.74, 6) is -0.0926. The van der Waals surface area contributed by atoms with E-state index in [1.54, 1.807) is 6.92 Å². The van der Waals surface area contributed by atoms with Crippen LogP contribution >= 0.6 is 0 Å². The maximum Gasteiger partial charge on any atom is 0.222 e. The lowest BCUT2D eigenvalue weighted by Gasteiger charge is -2.08. The van der Waals surface area contributed by atoms with Gasteiger partial charge in [0.2, 0.25) is 5.91 Å². The molecule has 0 spiro atoms. The number of rotatable bonds is 3. The summed E-state index contributed by atoms with van der Waals surface area (Å²) < 4.78 is 0. The number of carbonyl (C=O) groups excluding carboxylic acids is 1. The van der Waals surface area contributed by atoms with Gasteiger partial charge in [-0.15, -0.1) is 0 Å². The molecule has 0 saturated carbocycles. The molecule has 2 N–H and O–H groups in total. The minimum Gasteiger partial charge on any atom is -0.393 e. The average molecular weight is 145 g/mol. The summed E-state index contributed by atoms with van der Waals surface area (Å²) in [5.41, 5.74) is 0. The smallest absolute Gasteiger partial charge is 0.222 e. The molecule has 0 radical (unpaired) electrons. The third-order valence-corrected chi connectivity index (χ3v) is 0.930. The first kappa shape index (κ1) is 9.43. The molecule has 0 aromatic heterocycles. The van der Waals surface area contributed by atoms with Crippen molar-refractivity contribution in [1.82, 2.24) is 5.32 Å². The maximum absolute atomic E-state index is 10.8. The third-order valence-electron chi connectivity index (χ3n) is 0.930. The van der Waals surface area contributed by atoms with E-state index in [4.69, 9.17) is 5.11 Å². The summed E-state index contributed by atoms with van der Waals surface area (Å²) in [7, 11) is 0. The van der Waals surface area contributed by atoms with Crippen LogP contribution < -0.4 is 5.32 Å². The standard InChI is InChI=1S/C7H15NO2/c1-5(2)8-7(10)4-6(3)9/h5-6,9H,4H2,1-3H3,(H,8,10)/t6-/m0/s1. The van der Waals surface area contributed by atoms with Crippen LogP contribution in [0.5, 0.6) is 0 Å². The van der Waals surface area contributed by atoms with Crippen molar-refractivity contribution < 1.29 is 9.90 Å². The predicted molar refractivity (Wildman–Crippen MR) is 39.6 cm³/mol. The lowest BCUT2D eigenvalue weighted by Crippen LogP contribution is -2.32. The van der Waals surface area contributed by atoms with Crippen LogP contribution in [-0.2, 0) is 4.79 Å². The highest BCUT2D eigenvalue weighted by atomic mass is 16.3. The second-order valence-electron chi connectivity index (χ2n) is 2.78. The number of hydrogen-bond donors (Lipinski definition) is 2. The highest BCUT2D eigenvalue weighted by Gasteiger charge is 2.05. The highest BCUT2D eigenvalue weighted by molar-refractivity contribution is 5.76. The van der Waals surface area contributed by atoms with Crippen molar-refractivity contribution in [2.75, 3.05) is 0 Å². The Morgan fingerprint density at radius 2 is 2.00 bits per heavy atom. The second kappa shape index (κ2) is 4.28. The van der Waals surface area contributed by atoms with Gasteiger partial charge in [0.1, 0.15) is 0 Å². The van der Waals surface area contributed by atoms with E-state index in [1.165, 1.54) is 0 Å². The van der Waals surface area contributed by atoms with Gasteiger partial charge in [-0.25, -0.2) is 0 Å². The zero-order chi connectivity index (χ0) is 8.15. The summed E-state index contributed by atoms with van der Waals surface area (Å²) in [6.07, 6.45) is -0.350. The molecule has 0 unspecified atom stereocenters. The molecule has 10 heavy (non-hydrogen) atoms. The van der Waals surface area contributed by atoms with Gasteiger partial charge in [0.25, 0.3) is 0 Å². The van der Waals surface area contributed by atoms with Gasteiger partial charge in [-0.2, -0.15) is 0 Å². The Balaban J connectivity index is 3.44. The summed E-state index contributed by atoms with van der Waals surface area (Å²) in [6, 6.07) is 0.159. The van der Waals surface area contributed by atoms with Crippen LogP contribution in [0.1, 0.15) is 27.2 Å². The van der Waals surface area contributed by atoms with Crippen molar-refractivity contribution in [2.45, 2.75) is 39.3 Å². The molecule has 0 aliphatic carbocycles. The average Bonchev–Trinajstić information content (AvgIpc) is 1.58. The fourth-order valence-electron chi connectivity index (χ4n) is 0.649. The first-order valence-electron chi connectivity index (χ1n) is 3.49. The third kappa shape index (κ3) is 5.56. The molecule has 3 nitrogen and oxygen atoms in total. The SMILES string of the molecule is CC(C)NC(=O)C[C@H](C)O. The van der Waals surface area contributed by atoms with E-state index in [0.29, 0.717) is 0 Å². The van der Waals surface area contributed by atoms with E-state index in [0.717, 1.165) is 0 Å². The zero-order valence-corrected chi connectivity index (χ0v) is 6.72. The van der Waals surface area contributed by atoms with E-state index in [9.17, 15) is 4.79 Å². The van der Waals surface area contributed by atoms with Crippen LogP contribution in [0, 0.1) is 0 Å². The van der Waals surface area contributed by atoms with Gasteiger partial charge in [-0.05, 0) is 20.8 Å². The van der Waals surface area contributed by atoms with Crippen molar-refractivity contribution in [2.24, 2.45) is 0 Å². The van der Waals surface area contributed by atoms with Gasteiger partial charge >= 0.3 is 0 Å². The molecular weight excluding hydrogens is 130 g/mol. The van der Waals surface area contributed by atoms with Crippen molar-refractivity contribution in [3.05, 3.63) is 0 Å². The summed E-state index contributed by atoms with van der Waals surface area (Å²) in [5, 5.41) is 11.4. The van der Waals surface area contributed by atoms with Crippen molar-refractivity contribution >= 4 is 5.91 Å². The van der Waals surface area contributed by atoms with E-state index < -0.39 is 6.10 Å². The van der Waals surface area contributed by atoms with Crippen molar-refractivity contribution in [1.29, 1.82) is 0 Å². The topological polar surface area (TPSA) is 49.3 Å². The number of hydrogen-bond acceptors (Lipinski definition) is 2. The Morgan fingerprint density at radius 3 is 2.30 bits per heavy atom. The zero-order valence-electron chi connectivity index (χ0n) is 6.72. The maximum atomic E-state index is 10.8. The van der Waals surface area contributed by atoms with Crippen LogP contribution in [0.3, 0.4) is 0 Å². The predicted octanol–water partition coefficient (Wildman–Crippen LogP) is 0.282. The Bertz CT molecular complexity index is 98.2. The molecule has 0 fully saturated rings.